The summed E-state index contributed by atoms with van der Waals surface area (Å²) >= 11 is 0. The van der Waals surface area contributed by atoms with Crippen LogP contribution in [0.2, 0.25) is 0 Å². The molecule has 3 atom stereocenters. The van der Waals surface area contributed by atoms with Crippen molar-refractivity contribution in [3.63, 3.8) is 0 Å². The van der Waals surface area contributed by atoms with Crippen LogP contribution in [0.25, 0.3) is 32.9 Å². The minimum Gasteiger partial charge on any atom is -0.508 e. The van der Waals surface area contributed by atoms with E-state index in [4.69, 9.17) is 16.1 Å². The van der Waals surface area contributed by atoms with Crippen molar-refractivity contribution in [2.24, 2.45) is 0 Å². The Kier molecular flexibility index (Phi) is 7.33. The van der Waals surface area contributed by atoms with Gasteiger partial charge in [0.2, 0.25) is 11.8 Å². The van der Waals surface area contributed by atoms with E-state index in [2.05, 4.69) is 26.1 Å². The summed E-state index contributed by atoms with van der Waals surface area (Å²) in [6, 6.07) is 5.33. The number of nitrogens with zero attached hydrogens (tertiary/aromatic N) is 5. The molecule has 3 aliphatic rings. The first-order valence-electron chi connectivity index (χ1n) is 15.1. The van der Waals surface area contributed by atoms with Gasteiger partial charge in [0.1, 0.15) is 40.2 Å². The van der Waals surface area contributed by atoms with Crippen molar-refractivity contribution >= 4 is 33.4 Å². The van der Waals surface area contributed by atoms with Crippen LogP contribution in [-0.2, 0) is 0 Å². The van der Waals surface area contributed by atoms with Crippen LogP contribution in [0.5, 0.6) is 11.6 Å². The number of methoxy groups -OCH3 is 1. The van der Waals surface area contributed by atoms with Gasteiger partial charge in [0, 0.05) is 42.7 Å². The number of nitrogens with one attached hydrogen (secondary N) is 1. The Labute approximate surface area is 258 Å². The van der Waals surface area contributed by atoms with E-state index in [1.54, 1.807) is 0 Å². The third-order valence-corrected chi connectivity index (χ3v) is 9.41. The monoisotopic (exact) mass is 618 g/mol. The molecule has 5 heterocycles. The van der Waals surface area contributed by atoms with Gasteiger partial charge < -0.3 is 25.2 Å². The second kappa shape index (κ2) is 11.2. The quantitative estimate of drug-likeness (QED) is 0.264. The second-order valence-corrected chi connectivity index (χ2v) is 12.2. The fourth-order valence-electron chi connectivity index (χ4n) is 7.40. The van der Waals surface area contributed by atoms with Gasteiger partial charge in [-0.25, -0.2) is 23.1 Å². The number of hydrogen-bond acceptors (Lipinski definition) is 9. The smallest absolute Gasteiger partial charge is 0.227 e. The number of anilines is 2. The van der Waals surface area contributed by atoms with Gasteiger partial charge in [-0.1, -0.05) is 12.0 Å². The van der Waals surface area contributed by atoms with Gasteiger partial charge in [0.05, 0.1) is 18.8 Å². The van der Waals surface area contributed by atoms with Crippen molar-refractivity contribution in [1.29, 1.82) is 0 Å². The summed E-state index contributed by atoms with van der Waals surface area (Å²) in [5.74, 6) is 1.12. The number of phenols is 1. The largest absolute Gasteiger partial charge is 0.508 e. The van der Waals surface area contributed by atoms with Crippen LogP contribution in [0, 0.1) is 24.0 Å². The highest BCUT2D eigenvalue weighted by Crippen LogP contribution is 2.43. The molecule has 0 unspecified atom stereocenters. The average molecular weight is 619 g/mol. The number of ether oxygens (including phenoxy) is 1. The summed E-state index contributed by atoms with van der Waals surface area (Å²) in [6.07, 6.45) is 7.66. The Hall–Kier alpha value is -4.34. The highest BCUT2D eigenvalue weighted by atomic mass is 19.1. The summed E-state index contributed by atoms with van der Waals surface area (Å²) < 4.78 is 51.9. The summed E-state index contributed by atoms with van der Waals surface area (Å²) in [5, 5.41) is 25.1. The molecule has 0 saturated carbocycles. The van der Waals surface area contributed by atoms with E-state index in [1.807, 2.05) is 4.90 Å². The number of rotatable bonds is 6. The molecule has 9 nitrogen and oxygen atoms in total. The fourth-order valence-corrected chi connectivity index (χ4v) is 7.40. The Morgan fingerprint density at radius 1 is 1.13 bits per heavy atom. The lowest BCUT2D eigenvalue weighted by molar-refractivity contribution is 0.154. The van der Waals surface area contributed by atoms with Gasteiger partial charge in [-0.05, 0) is 62.2 Å². The number of pyridine rings is 1. The summed E-state index contributed by atoms with van der Waals surface area (Å²) in [6.45, 7) is 2.39. The molecule has 3 fully saturated rings. The zero-order valence-electron chi connectivity index (χ0n) is 24.8. The molecule has 12 heteroatoms. The number of aromatic nitrogens is 3. The normalized spacial score (nSPS) is 23.4. The Morgan fingerprint density at radius 3 is 2.76 bits per heavy atom. The lowest BCUT2D eigenvalue weighted by Gasteiger charge is -2.33. The molecule has 0 bridgehead atoms. The molecule has 3 saturated heterocycles. The number of β-amino-alcohol motifs (C(OH)–C–C–N with tert-alkyl or cyclic N) is 1. The van der Waals surface area contributed by atoms with Crippen molar-refractivity contribution in [3.8, 4) is 35.2 Å². The van der Waals surface area contributed by atoms with Crippen LogP contribution in [0.3, 0.4) is 0 Å². The van der Waals surface area contributed by atoms with Gasteiger partial charge in [-0.3, -0.25) is 4.90 Å². The second-order valence-electron chi connectivity index (χ2n) is 12.2. The van der Waals surface area contributed by atoms with Gasteiger partial charge in [0.25, 0.3) is 0 Å². The van der Waals surface area contributed by atoms with E-state index in [-0.39, 0.29) is 62.8 Å². The number of aliphatic hydroxyl groups excluding tert-OH is 1. The zero-order chi connectivity index (χ0) is 31.5. The molecule has 0 aliphatic carbocycles. The van der Waals surface area contributed by atoms with E-state index in [0.717, 1.165) is 19.4 Å². The maximum absolute atomic E-state index is 16.9. The first-order valence-corrected chi connectivity index (χ1v) is 15.1. The molecule has 3 aliphatic heterocycles. The molecular formula is C33H33F3N6O3. The van der Waals surface area contributed by atoms with E-state index in [9.17, 15) is 19.0 Å². The highest BCUT2D eigenvalue weighted by Gasteiger charge is 2.48. The Bertz CT molecular complexity index is 1870. The zero-order valence-corrected chi connectivity index (χ0v) is 24.8. The molecule has 3 N–H and O–H groups in total. The van der Waals surface area contributed by atoms with E-state index in [0.29, 0.717) is 50.1 Å². The number of halogens is 3. The molecule has 4 aromatic rings. The van der Waals surface area contributed by atoms with Crippen LogP contribution in [-0.4, -0.2) is 87.7 Å². The third-order valence-electron chi connectivity index (χ3n) is 9.41. The van der Waals surface area contributed by atoms with Crippen molar-refractivity contribution in [2.75, 3.05) is 50.1 Å². The van der Waals surface area contributed by atoms with E-state index < -0.39 is 23.9 Å². The average Bonchev–Trinajstić information content (AvgIpc) is 3.55. The maximum Gasteiger partial charge on any atom is 0.227 e. The lowest BCUT2D eigenvalue weighted by atomic mass is 9.93. The van der Waals surface area contributed by atoms with Crippen LogP contribution in [0.1, 0.15) is 37.7 Å². The molecule has 45 heavy (non-hydrogen) atoms. The Morgan fingerprint density at radius 2 is 1.98 bits per heavy atom. The summed E-state index contributed by atoms with van der Waals surface area (Å²) in [5.41, 5.74) is -0.768. The number of phenolic OH excluding ortho intramolecular Hbond substituents is 1. The van der Waals surface area contributed by atoms with Crippen LogP contribution in [0.15, 0.2) is 24.3 Å². The minimum absolute atomic E-state index is 0.00907. The number of benzene rings is 2. The van der Waals surface area contributed by atoms with Gasteiger partial charge in [-0.2, -0.15) is 4.98 Å². The van der Waals surface area contributed by atoms with Crippen molar-refractivity contribution in [1.82, 2.24) is 19.9 Å². The molecule has 7 rings (SSSR count). The molecular weight excluding hydrogens is 585 g/mol. The number of fused-ring (bicyclic) bond motifs is 3. The van der Waals surface area contributed by atoms with E-state index in [1.165, 1.54) is 31.4 Å². The number of alkyl halides is 1. The molecule has 0 radical (unpaired) electrons. The maximum atomic E-state index is 16.9. The molecule has 2 aromatic carbocycles. The first-order chi connectivity index (χ1) is 21.7. The number of aromatic hydroxyl groups is 1. The standard InChI is InChI=1S/C33H33F3N6O3/c1-3-22-24(35)8-7-18-12-21(44)13-23(25(18)22)28-27(36)29-26(31(38-28)45-2)30(41-10-4-6-20(43)16-41)40-32(39-29)37-17-33-9-5-11-42(33)15-19(34)14-33/h1,7-8,12-13,19-20,43-44H,4-6,9-11,14-17H2,2H3,(H,37,39,40)/t19-,20-,33+/m1/s1. The number of terminal acetylenes is 1. The molecule has 0 amide bonds. The van der Waals surface area contributed by atoms with E-state index >= 15 is 4.39 Å². The topological polar surface area (TPSA) is 107 Å². The number of aliphatic hydroxyl groups is 1. The van der Waals surface area contributed by atoms with Gasteiger partial charge in [-0.15, -0.1) is 6.42 Å². The van der Waals surface area contributed by atoms with Gasteiger partial charge >= 0.3 is 0 Å². The predicted octanol–water partition coefficient (Wildman–Crippen LogP) is 4.77. The first kappa shape index (κ1) is 29.4. The number of piperidine rings is 1. The van der Waals surface area contributed by atoms with Crippen LogP contribution < -0.4 is 15.0 Å². The fraction of sp³-hybridized carbons (Fsp3) is 0.424. The van der Waals surface area contributed by atoms with Crippen LogP contribution in [0.4, 0.5) is 24.9 Å². The molecule has 234 valence electrons. The SMILES string of the molecule is C#Cc1c(F)ccc2cc(O)cc(-c3nc(OC)c4c(N5CCC[C@@H](O)C5)nc(NC[C@@]56CCCN5C[C@H](F)C6)nc4c3F)c12. The lowest BCUT2D eigenvalue weighted by Crippen LogP contribution is -2.44. The van der Waals surface area contributed by atoms with Crippen molar-refractivity contribution in [2.45, 2.75) is 49.9 Å². The number of hydrogen-bond donors (Lipinski definition) is 3. The van der Waals surface area contributed by atoms with Crippen LogP contribution >= 0.6 is 0 Å². The summed E-state index contributed by atoms with van der Waals surface area (Å²) in [7, 11) is 1.39. The predicted molar refractivity (Wildman–Crippen MR) is 165 cm³/mol. The minimum atomic E-state index is -0.916. The van der Waals surface area contributed by atoms with Crippen molar-refractivity contribution < 1.29 is 28.1 Å². The molecule has 0 spiro atoms. The highest BCUT2D eigenvalue weighted by molar-refractivity contribution is 6.04. The summed E-state index contributed by atoms with van der Waals surface area (Å²) in [4.78, 5) is 17.9. The third kappa shape index (κ3) is 4.94. The van der Waals surface area contributed by atoms with Crippen molar-refractivity contribution in [3.05, 3.63) is 41.5 Å². The molecule has 2 aromatic heterocycles. The van der Waals surface area contributed by atoms with Gasteiger partial charge in [0.15, 0.2) is 5.82 Å². The Balaban J connectivity index is 1.43.